The van der Waals surface area contributed by atoms with E-state index in [1.165, 1.54) is 0 Å². The van der Waals surface area contributed by atoms with E-state index < -0.39 is 0 Å². The molecular weight excluding hydrogens is 302 g/mol. The van der Waals surface area contributed by atoms with Crippen molar-refractivity contribution in [3.63, 3.8) is 0 Å². The van der Waals surface area contributed by atoms with Gasteiger partial charge in [0.25, 0.3) is 0 Å². The molecule has 6 nitrogen and oxygen atoms in total. The molecule has 3 rings (SSSR count). The van der Waals surface area contributed by atoms with E-state index in [2.05, 4.69) is 25.2 Å². The fraction of sp³-hybridized carbons (Fsp3) is 0.500. The number of hydrogen-bond donors (Lipinski definition) is 1. The first kappa shape index (κ1) is 16.5. The quantitative estimate of drug-likeness (QED) is 0.880. The van der Waals surface area contributed by atoms with Crippen LogP contribution in [0, 0.1) is 12.8 Å². The van der Waals surface area contributed by atoms with E-state index >= 15 is 0 Å². The van der Waals surface area contributed by atoms with Crippen LogP contribution in [0.25, 0.3) is 0 Å². The van der Waals surface area contributed by atoms with Crippen molar-refractivity contribution in [2.24, 2.45) is 5.92 Å². The lowest BCUT2D eigenvalue weighted by Gasteiger charge is -2.18. The topological polar surface area (TPSA) is 63.2 Å². The van der Waals surface area contributed by atoms with Crippen LogP contribution < -0.4 is 15.0 Å². The Morgan fingerprint density at radius 2 is 2.17 bits per heavy atom. The SMILES string of the molecule is Cc1cccc(NCC2CCN(c3cncc(OC(C)C)n3)C2)n1. The average Bonchev–Trinajstić information content (AvgIpc) is 3.02. The molecule has 1 unspecified atom stereocenters. The maximum absolute atomic E-state index is 5.64. The van der Waals surface area contributed by atoms with Crippen LogP contribution in [0.2, 0.25) is 0 Å². The minimum Gasteiger partial charge on any atom is -0.474 e. The first-order valence-electron chi connectivity index (χ1n) is 8.51. The van der Waals surface area contributed by atoms with Gasteiger partial charge >= 0.3 is 0 Å². The smallest absolute Gasteiger partial charge is 0.234 e. The second kappa shape index (κ2) is 7.47. The van der Waals surface area contributed by atoms with Crippen molar-refractivity contribution in [3.05, 3.63) is 36.3 Å². The molecular formula is C18H25N5O. The van der Waals surface area contributed by atoms with Gasteiger partial charge in [-0.15, -0.1) is 0 Å². The molecule has 1 saturated heterocycles. The summed E-state index contributed by atoms with van der Waals surface area (Å²) < 4.78 is 5.64. The Balaban J connectivity index is 1.55. The van der Waals surface area contributed by atoms with Gasteiger partial charge in [0.15, 0.2) is 5.82 Å². The molecule has 1 atom stereocenters. The normalized spacial score (nSPS) is 17.3. The predicted octanol–water partition coefficient (Wildman–Crippen LogP) is 2.91. The first-order valence-corrected chi connectivity index (χ1v) is 8.51. The van der Waals surface area contributed by atoms with Crippen molar-refractivity contribution < 1.29 is 4.74 Å². The van der Waals surface area contributed by atoms with Gasteiger partial charge in [-0.2, -0.15) is 4.98 Å². The van der Waals surface area contributed by atoms with E-state index in [0.717, 1.165) is 43.4 Å². The fourth-order valence-electron chi connectivity index (χ4n) is 2.89. The van der Waals surface area contributed by atoms with Gasteiger partial charge in [-0.05, 0) is 45.2 Å². The van der Waals surface area contributed by atoms with Gasteiger partial charge < -0.3 is 15.0 Å². The highest BCUT2D eigenvalue weighted by Crippen LogP contribution is 2.23. The lowest BCUT2D eigenvalue weighted by Crippen LogP contribution is -2.24. The molecule has 0 bridgehead atoms. The standard InChI is InChI=1S/C18H25N5O/c1-13(2)24-18-11-19-10-17(22-18)23-8-7-15(12-23)9-20-16-6-4-5-14(3)21-16/h4-6,10-11,13,15H,7-9,12H2,1-3H3,(H,20,21). The Labute approximate surface area is 143 Å². The van der Waals surface area contributed by atoms with Gasteiger partial charge in [0.1, 0.15) is 5.82 Å². The van der Waals surface area contributed by atoms with Gasteiger partial charge in [-0.1, -0.05) is 6.07 Å². The van der Waals surface area contributed by atoms with E-state index in [0.29, 0.717) is 11.8 Å². The van der Waals surface area contributed by atoms with Crippen LogP contribution >= 0.6 is 0 Å². The molecule has 3 heterocycles. The maximum Gasteiger partial charge on any atom is 0.234 e. The van der Waals surface area contributed by atoms with E-state index in [1.54, 1.807) is 6.20 Å². The van der Waals surface area contributed by atoms with Crippen molar-refractivity contribution in [3.8, 4) is 5.88 Å². The highest BCUT2D eigenvalue weighted by Gasteiger charge is 2.24. The fourth-order valence-corrected chi connectivity index (χ4v) is 2.89. The van der Waals surface area contributed by atoms with Crippen molar-refractivity contribution in [2.45, 2.75) is 33.3 Å². The summed E-state index contributed by atoms with van der Waals surface area (Å²) in [6.07, 6.45) is 4.72. The van der Waals surface area contributed by atoms with Gasteiger partial charge in [0, 0.05) is 25.3 Å². The number of hydrogen-bond acceptors (Lipinski definition) is 6. The van der Waals surface area contributed by atoms with Crippen LogP contribution in [0.3, 0.4) is 0 Å². The number of pyridine rings is 1. The minimum atomic E-state index is 0.104. The van der Waals surface area contributed by atoms with Crippen LogP contribution in [-0.2, 0) is 0 Å². The lowest BCUT2D eigenvalue weighted by atomic mass is 10.1. The number of aryl methyl sites for hydroxylation is 1. The third kappa shape index (κ3) is 4.34. The van der Waals surface area contributed by atoms with E-state index in [4.69, 9.17) is 4.74 Å². The van der Waals surface area contributed by atoms with Crippen LogP contribution in [0.5, 0.6) is 5.88 Å². The Morgan fingerprint density at radius 3 is 2.96 bits per heavy atom. The molecule has 2 aromatic heterocycles. The summed E-state index contributed by atoms with van der Waals surface area (Å²) >= 11 is 0. The Bertz CT molecular complexity index is 676. The Kier molecular flexibility index (Phi) is 5.13. The molecule has 1 N–H and O–H groups in total. The zero-order chi connectivity index (χ0) is 16.9. The molecule has 0 spiro atoms. The summed E-state index contributed by atoms with van der Waals surface area (Å²) in [5.41, 5.74) is 1.03. The summed E-state index contributed by atoms with van der Waals surface area (Å²) in [5.74, 6) is 3.00. The summed E-state index contributed by atoms with van der Waals surface area (Å²) in [6, 6.07) is 6.05. The first-order chi connectivity index (χ1) is 11.6. The highest BCUT2D eigenvalue weighted by molar-refractivity contribution is 5.40. The summed E-state index contributed by atoms with van der Waals surface area (Å²) in [4.78, 5) is 15.6. The maximum atomic E-state index is 5.64. The van der Waals surface area contributed by atoms with Crippen molar-refractivity contribution >= 4 is 11.6 Å². The Morgan fingerprint density at radius 1 is 1.29 bits per heavy atom. The summed E-state index contributed by atoms with van der Waals surface area (Å²) in [7, 11) is 0. The third-order valence-electron chi connectivity index (χ3n) is 4.03. The summed E-state index contributed by atoms with van der Waals surface area (Å²) in [6.45, 7) is 8.87. The molecule has 0 aromatic carbocycles. The molecule has 0 saturated carbocycles. The monoisotopic (exact) mass is 327 g/mol. The molecule has 1 aliphatic rings. The molecule has 0 radical (unpaired) electrons. The number of rotatable bonds is 6. The second-order valence-corrected chi connectivity index (χ2v) is 6.53. The highest BCUT2D eigenvalue weighted by atomic mass is 16.5. The molecule has 1 aliphatic heterocycles. The van der Waals surface area contributed by atoms with Crippen LogP contribution in [0.15, 0.2) is 30.6 Å². The number of anilines is 2. The average molecular weight is 327 g/mol. The number of nitrogens with one attached hydrogen (secondary N) is 1. The molecule has 1 fully saturated rings. The molecule has 6 heteroatoms. The molecule has 0 aliphatic carbocycles. The van der Waals surface area contributed by atoms with Crippen molar-refractivity contribution in [1.82, 2.24) is 15.0 Å². The predicted molar refractivity (Wildman–Crippen MR) is 95.6 cm³/mol. The van der Waals surface area contributed by atoms with Crippen molar-refractivity contribution in [2.75, 3.05) is 29.9 Å². The zero-order valence-electron chi connectivity index (χ0n) is 14.6. The lowest BCUT2D eigenvalue weighted by molar-refractivity contribution is 0.231. The molecule has 0 amide bonds. The van der Waals surface area contributed by atoms with Gasteiger partial charge in [-0.25, -0.2) is 4.98 Å². The van der Waals surface area contributed by atoms with Gasteiger partial charge in [0.2, 0.25) is 5.88 Å². The molecule has 2 aromatic rings. The van der Waals surface area contributed by atoms with E-state index in [-0.39, 0.29) is 6.10 Å². The van der Waals surface area contributed by atoms with Crippen LogP contribution in [-0.4, -0.2) is 40.7 Å². The van der Waals surface area contributed by atoms with Crippen molar-refractivity contribution in [1.29, 1.82) is 0 Å². The van der Waals surface area contributed by atoms with Gasteiger partial charge in [-0.3, -0.25) is 4.98 Å². The van der Waals surface area contributed by atoms with E-state index in [9.17, 15) is 0 Å². The number of ether oxygens (including phenoxy) is 1. The zero-order valence-corrected chi connectivity index (χ0v) is 14.6. The Hall–Kier alpha value is -2.37. The van der Waals surface area contributed by atoms with Crippen LogP contribution in [0.4, 0.5) is 11.6 Å². The number of aromatic nitrogens is 3. The van der Waals surface area contributed by atoms with E-state index in [1.807, 2.05) is 45.2 Å². The second-order valence-electron chi connectivity index (χ2n) is 6.53. The van der Waals surface area contributed by atoms with Gasteiger partial charge in [0.05, 0.1) is 18.5 Å². The largest absolute Gasteiger partial charge is 0.474 e. The molecule has 24 heavy (non-hydrogen) atoms. The minimum absolute atomic E-state index is 0.104. The molecule has 128 valence electrons. The number of nitrogens with zero attached hydrogens (tertiary/aromatic N) is 4. The van der Waals surface area contributed by atoms with Crippen LogP contribution in [0.1, 0.15) is 26.0 Å². The summed E-state index contributed by atoms with van der Waals surface area (Å²) in [5, 5.41) is 3.44. The third-order valence-corrected chi connectivity index (χ3v) is 4.03.